The summed E-state index contributed by atoms with van der Waals surface area (Å²) < 4.78 is 2.05. The van der Waals surface area contributed by atoms with Gasteiger partial charge in [-0.05, 0) is 38.5 Å². The fraction of sp³-hybridized carbons (Fsp3) is 0.217. The molecule has 6 nitrogen and oxygen atoms in total. The molecule has 1 N–H and O–H groups in total. The molecule has 0 aliphatic heterocycles. The minimum Gasteiger partial charge on any atom is -0.310 e. The van der Waals surface area contributed by atoms with Gasteiger partial charge < -0.3 is 9.88 Å². The second-order valence-electron chi connectivity index (χ2n) is 7.20. The van der Waals surface area contributed by atoms with Gasteiger partial charge in [-0.2, -0.15) is 0 Å². The van der Waals surface area contributed by atoms with Crippen molar-refractivity contribution in [1.82, 2.24) is 19.7 Å². The number of rotatable bonds is 7. The normalized spacial score (nSPS) is 11.0. The van der Waals surface area contributed by atoms with Crippen LogP contribution in [0.25, 0.3) is 22.5 Å². The van der Waals surface area contributed by atoms with Gasteiger partial charge in [0, 0.05) is 34.1 Å². The first-order valence-electron chi connectivity index (χ1n) is 10.1. The number of anilines is 1. The van der Waals surface area contributed by atoms with E-state index in [9.17, 15) is 4.79 Å². The van der Waals surface area contributed by atoms with Gasteiger partial charge in [0.05, 0.1) is 10.8 Å². The number of thioether (sulfide) groups is 1. The molecule has 0 atom stereocenters. The van der Waals surface area contributed by atoms with Crippen LogP contribution in [0.3, 0.4) is 0 Å². The number of hydrogen-bond acceptors (Lipinski definition) is 6. The van der Waals surface area contributed by atoms with Crippen LogP contribution in [0.15, 0.2) is 53.1 Å². The number of amides is 1. The summed E-state index contributed by atoms with van der Waals surface area (Å²) in [6.45, 7) is 6.97. The first-order valence-corrected chi connectivity index (χ1v) is 12.3. The van der Waals surface area contributed by atoms with Gasteiger partial charge in [0.25, 0.3) is 0 Å². The largest absolute Gasteiger partial charge is 0.310 e. The zero-order chi connectivity index (χ0) is 22.7. The Morgan fingerprint density at radius 2 is 1.94 bits per heavy atom. The van der Waals surface area contributed by atoms with E-state index in [1.807, 2.05) is 0 Å². The SMILES string of the molecule is CCn1c(SCC(=O)Nc2ccc(Cl)cn2)nnc1-c1csc(C)c1-c1ccc(C)cc1. The maximum atomic E-state index is 12.4. The van der Waals surface area contributed by atoms with Gasteiger partial charge >= 0.3 is 0 Å². The molecule has 0 saturated heterocycles. The van der Waals surface area contributed by atoms with E-state index >= 15 is 0 Å². The van der Waals surface area contributed by atoms with Crippen LogP contribution in [-0.4, -0.2) is 31.4 Å². The predicted molar refractivity (Wildman–Crippen MR) is 133 cm³/mol. The van der Waals surface area contributed by atoms with Crippen LogP contribution in [0.1, 0.15) is 17.4 Å². The van der Waals surface area contributed by atoms with E-state index in [1.165, 1.54) is 39.5 Å². The maximum absolute atomic E-state index is 12.4. The number of carbonyl (C=O) groups is 1. The lowest BCUT2D eigenvalue weighted by molar-refractivity contribution is -0.113. The minimum atomic E-state index is -0.163. The van der Waals surface area contributed by atoms with Crippen LogP contribution in [0.5, 0.6) is 0 Å². The average Bonchev–Trinajstić information content (AvgIpc) is 3.37. The molecule has 0 saturated carbocycles. The third-order valence-electron chi connectivity index (χ3n) is 4.92. The number of aryl methyl sites for hydroxylation is 2. The molecular weight excluding hydrogens is 462 g/mol. The zero-order valence-corrected chi connectivity index (χ0v) is 20.3. The van der Waals surface area contributed by atoms with Crippen LogP contribution in [0.2, 0.25) is 5.02 Å². The molecular formula is C23H22ClN5OS2. The third-order valence-corrected chi connectivity index (χ3v) is 7.02. The lowest BCUT2D eigenvalue weighted by atomic mass is 10.0. The van der Waals surface area contributed by atoms with Gasteiger partial charge in [-0.15, -0.1) is 21.5 Å². The maximum Gasteiger partial charge on any atom is 0.236 e. The molecule has 4 rings (SSSR count). The Morgan fingerprint density at radius 3 is 2.62 bits per heavy atom. The molecule has 0 radical (unpaired) electrons. The molecule has 0 unspecified atom stereocenters. The Hall–Kier alpha value is -2.68. The van der Waals surface area contributed by atoms with Gasteiger partial charge in [-0.1, -0.05) is 53.2 Å². The highest BCUT2D eigenvalue weighted by Gasteiger charge is 2.20. The quantitative estimate of drug-likeness (QED) is 0.322. The Morgan fingerprint density at radius 1 is 1.16 bits per heavy atom. The lowest BCUT2D eigenvalue weighted by Crippen LogP contribution is -2.15. The molecule has 0 fully saturated rings. The highest BCUT2D eigenvalue weighted by Crippen LogP contribution is 2.39. The molecule has 0 bridgehead atoms. The van der Waals surface area contributed by atoms with Crippen molar-refractivity contribution in [1.29, 1.82) is 0 Å². The topological polar surface area (TPSA) is 72.7 Å². The van der Waals surface area contributed by atoms with Crippen molar-refractivity contribution in [2.45, 2.75) is 32.5 Å². The highest BCUT2D eigenvalue weighted by molar-refractivity contribution is 7.99. The molecule has 0 spiro atoms. The molecule has 9 heteroatoms. The number of carbonyl (C=O) groups excluding carboxylic acids is 1. The van der Waals surface area contributed by atoms with Crippen LogP contribution in [0, 0.1) is 13.8 Å². The van der Waals surface area contributed by atoms with Crippen LogP contribution in [0.4, 0.5) is 5.82 Å². The van der Waals surface area contributed by atoms with Crippen LogP contribution < -0.4 is 5.32 Å². The van der Waals surface area contributed by atoms with Crippen molar-refractivity contribution in [2.24, 2.45) is 0 Å². The van der Waals surface area contributed by atoms with Crippen molar-refractivity contribution in [3.8, 4) is 22.5 Å². The van der Waals surface area contributed by atoms with E-state index < -0.39 is 0 Å². The van der Waals surface area contributed by atoms with Crippen molar-refractivity contribution >= 4 is 46.4 Å². The summed E-state index contributed by atoms with van der Waals surface area (Å²) in [6.07, 6.45) is 1.50. The lowest BCUT2D eigenvalue weighted by Gasteiger charge is -2.10. The van der Waals surface area contributed by atoms with Crippen LogP contribution in [-0.2, 0) is 11.3 Å². The Balaban J connectivity index is 1.54. The summed E-state index contributed by atoms with van der Waals surface area (Å²) in [5, 5.41) is 15.0. The van der Waals surface area contributed by atoms with Crippen LogP contribution >= 0.6 is 34.7 Å². The Labute approximate surface area is 200 Å². The first-order chi connectivity index (χ1) is 15.5. The number of nitrogens with zero attached hydrogens (tertiary/aromatic N) is 4. The van der Waals surface area contributed by atoms with E-state index in [1.54, 1.807) is 23.5 Å². The van der Waals surface area contributed by atoms with Gasteiger partial charge in [0.2, 0.25) is 5.91 Å². The third kappa shape index (κ3) is 4.87. The predicted octanol–water partition coefficient (Wildman–Crippen LogP) is 6.09. The number of nitrogens with one attached hydrogen (secondary N) is 1. The number of aromatic nitrogens is 4. The van der Waals surface area contributed by atoms with Gasteiger partial charge in [0.1, 0.15) is 5.82 Å². The fourth-order valence-electron chi connectivity index (χ4n) is 3.34. The Bertz CT molecular complexity index is 1230. The van der Waals surface area contributed by atoms with Gasteiger partial charge in [0.15, 0.2) is 11.0 Å². The Kier molecular flexibility index (Phi) is 6.93. The second kappa shape index (κ2) is 9.85. The molecule has 164 valence electrons. The fourth-order valence-corrected chi connectivity index (χ4v) is 5.11. The minimum absolute atomic E-state index is 0.163. The average molecular weight is 484 g/mol. The van der Waals surface area contributed by atoms with Gasteiger partial charge in [-0.25, -0.2) is 4.98 Å². The molecule has 4 aromatic rings. The number of hydrogen-bond donors (Lipinski definition) is 1. The summed E-state index contributed by atoms with van der Waals surface area (Å²) in [7, 11) is 0. The molecule has 1 amide bonds. The number of benzene rings is 1. The molecule has 1 aromatic carbocycles. The molecule has 3 heterocycles. The summed E-state index contributed by atoms with van der Waals surface area (Å²) >= 11 is 8.90. The molecule has 0 aliphatic rings. The molecule has 32 heavy (non-hydrogen) atoms. The van der Waals surface area contributed by atoms with Crippen molar-refractivity contribution < 1.29 is 4.79 Å². The molecule has 3 aromatic heterocycles. The van der Waals surface area contributed by atoms with Crippen molar-refractivity contribution in [3.63, 3.8) is 0 Å². The number of halogens is 1. The highest BCUT2D eigenvalue weighted by atomic mass is 35.5. The number of pyridine rings is 1. The van der Waals surface area contributed by atoms with E-state index in [0.717, 1.165) is 11.4 Å². The van der Waals surface area contributed by atoms with E-state index in [4.69, 9.17) is 11.6 Å². The monoisotopic (exact) mass is 483 g/mol. The van der Waals surface area contributed by atoms with Crippen molar-refractivity contribution in [3.05, 3.63) is 63.4 Å². The summed E-state index contributed by atoms with van der Waals surface area (Å²) in [4.78, 5) is 17.7. The van der Waals surface area contributed by atoms with Crippen molar-refractivity contribution in [2.75, 3.05) is 11.1 Å². The van der Waals surface area contributed by atoms with E-state index in [2.05, 4.69) is 75.5 Å². The summed E-state index contributed by atoms with van der Waals surface area (Å²) in [5.74, 6) is 1.32. The first kappa shape index (κ1) is 22.5. The smallest absolute Gasteiger partial charge is 0.236 e. The zero-order valence-electron chi connectivity index (χ0n) is 17.9. The molecule has 0 aliphatic carbocycles. The van der Waals surface area contributed by atoms with Gasteiger partial charge in [-0.3, -0.25) is 4.79 Å². The summed E-state index contributed by atoms with van der Waals surface area (Å²) in [5.41, 5.74) is 4.64. The summed E-state index contributed by atoms with van der Waals surface area (Å²) in [6, 6.07) is 11.9. The number of thiophene rings is 1. The van der Waals surface area contributed by atoms with E-state index in [0.29, 0.717) is 22.5 Å². The van der Waals surface area contributed by atoms with E-state index in [-0.39, 0.29) is 11.7 Å². The standard InChI is InChI=1S/C23H22ClN5OS2/c1-4-29-22(18-12-31-15(3)21(18)16-7-5-14(2)6-8-16)27-28-23(29)32-13-20(30)26-19-10-9-17(24)11-25-19/h5-12H,4,13H2,1-3H3,(H,25,26,30). The second-order valence-corrected chi connectivity index (χ2v) is 9.66.